The summed E-state index contributed by atoms with van der Waals surface area (Å²) in [6, 6.07) is 7.19. The Kier molecular flexibility index (Phi) is 6.02. The van der Waals surface area contributed by atoms with Gasteiger partial charge in [0.15, 0.2) is 0 Å². The molecule has 1 aromatic carbocycles. The van der Waals surface area contributed by atoms with Gasteiger partial charge in [0.1, 0.15) is 11.4 Å². The van der Waals surface area contributed by atoms with E-state index < -0.39 is 17.5 Å². The van der Waals surface area contributed by atoms with Crippen LogP contribution in [0.2, 0.25) is 0 Å². The lowest BCUT2D eigenvalue weighted by atomic mass is 9.81. The molecule has 1 aromatic rings. The topological polar surface area (TPSA) is 55.8 Å². The molecule has 0 spiro atoms. The number of esters is 1. The average Bonchev–Trinajstić information content (AvgIpc) is 2.45. The highest BCUT2D eigenvalue weighted by atomic mass is 16.5. The van der Waals surface area contributed by atoms with Gasteiger partial charge in [-0.15, -0.1) is 0 Å². The van der Waals surface area contributed by atoms with Gasteiger partial charge in [0.2, 0.25) is 0 Å². The summed E-state index contributed by atoms with van der Waals surface area (Å²) >= 11 is 0. The Morgan fingerprint density at radius 1 is 1.30 bits per heavy atom. The van der Waals surface area contributed by atoms with Gasteiger partial charge in [0.05, 0.1) is 19.6 Å². The smallest absolute Gasteiger partial charge is 0.311 e. The van der Waals surface area contributed by atoms with Crippen LogP contribution in [-0.2, 0) is 15.1 Å². The summed E-state index contributed by atoms with van der Waals surface area (Å²) in [4.78, 5) is 11.8. The zero-order chi connectivity index (χ0) is 15.2. The highest BCUT2D eigenvalue weighted by Gasteiger charge is 2.38. The zero-order valence-electron chi connectivity index (χ0n) is 12.7. The van der Waals surface area contributed by atoms with Gasteiger partial charge in [-0.05, 0) is 37.5 Å². The molecule has 4 heteroatoms. The number of hydrogen-bond acceptors (Lipinski definition) is 4. The Labute approximate surface area is 120 Å². The maximum Gasteiger partial charge on any atom is 0.311 e. The standard InChI is InChI=1S/C16H24O4/c1-5-11-20-13-9-7-12(8-10-13)16(3,18)14(6-2)15(17)19-4/h7-10,14,18H,5-6,11H2,1-4H3. The van der Waals surface area contributed by atoms with Crippen LogP contribution in [0.15, 0.2) is 24.3 Å². The fraction of sp³-hybridized carbons (Fsp3) is 0.562. The summed E-state index contributed by atoms with van der Waals surface area (Å²) in [6.45, 7) is 6.20. The summed E-state index contributed by atoms with van der Waals surface area (Å²) in [5.41, 5.74) is -0.580. The third-order valence-electron chi connectivity index (χ3n) is 3.48. The minimum atomic E-state index is -1.26. The molecule has 2 unspecified atom stereocenters. The third-order valence-corrected chi connectivity index (χ3v) is 3.48. The number of aliphatic hydroxyl groups is 1. The molecule has 2 atom stereocenters. The lowest BCUT2D eigenvalue weighted by molar-refractivity contribution is -0.155. The molecule has 0 radical (unpaired) electrons. The fourth-order valence-corrected chi connectivity index (χ4v) is 2.25. The Morgan fingerprint density at radius 3 is 2.35 bits per heavy atom. The van der Waals surface area contributed by atoms with E-state index in [1.165, 1.54) is 7.11 Å². The molecule has 20 heavy (non-hydrogen) atoms. The molecule has 0 aromatic heterocycles. The van der Waals surface area contributed by atoms with Crippen LogP contribution in [0.1, 0.15) is 39.2 Å². The summed E-state index contributed by atoms with van der Waals surface area (Å²) < 4.78 is 10.3. The van der Waals surface area contributed by atoms with Gasteiger partial charge in [0, 0.05) is 0 Å². The number of hydrogen-bond donors (Lipinski definition) is 1. The predicted molar refractivity (Wildman–Crippen MR) is 77.6 cm³/mol. The van der Waals surface area contributed by atoms with E-state index in [2.05, 4.69) is 0 Å². The average molecular weight is 280 g/mol. The van der Waals surface area contributed by atoms with Gasteiger partial charge in [0.25, 0.3) is 0 Å². The van der Waals surface area contributed by atoms with Crippen LogP contribution in [0.3, 0.4) is 0 Å². The molecule has 112 valence electrons. The molecule has 4 nitrogen and oxygen atoms in total. The van der Waals surface area contributed by atoms with Crippen molar-refractivity contribution >= 4 is 5.97 Å². The number of carbonyl (C=O) groups excluding carboxylic acids is 1. The summed E-state index contributed by atoms with van der Waals surface area (Å²) in [5.74, 6) is -0.226. The van der Waals surface area contributed by atoms with Gasteiger partial charge in [-0.1, -0.05) is 26.0 Å². The van der Waals surface area contributed by atoms with Gasteiger partial charge in [-0.25, -0.2) is 0 Å². The molecule has 0 aliphatic heterocycles. The Balaban J connectivity index is 2.93. The van der Waals surface area contributed by atoms with Gasteiger partial charge in [-0.2, -0.15) is 0 Å². The third kappa shape index (κ3) is 3.73. The highest BCUT2D eigenvalue weighted by molar-refractivity contribution is 5.74. The molecular weight excluding hydrogens is 256 g/mol. The lowest BCUT2D eigenvalue weighted by Gasteiger charge is -2.30. The zero-order valence-corrected chi connectivity index (χ0v) is 12.7. The maximum atomic E-state index is 11.8. The van der Waals surface area contributed by atoms with Crippen LogP contribution < -0.4 is 4.74 Å². The van der Waals surface area contributed by atoms with Crippen molar-refractivity contribution in [3.8, 4) is 5.75 Å². The summed E-state index contributed by atoms with van der Waals surface area (Å²) in [5, 5.41) is 10.7. The van der Waals surface area contributed by atoms with Crippen molar-refractivity contribution in [1.29, 1.82) is 0 Å². The van der Waals surface area contributed by atoms with Crippen molar-refractivity contribution in [3.63, 3.8) is 0 Å². The molecule has 0 aliphatic carbocycles. The van der Waals surface area contributed by atoms with E-state index in [1.807, 2.05) is 26.0 Å². The maximum absolute atomic E-state index is 11.8. The lowest BCUT2D eigenvalue weighted by Crippen LogP contribution is -2.37. The normalized spacial score (nSPS) is 15.2. The van der Waals surface area contributed by atoms with E-state index in [0.29, 0.717) is 18.6 Å². The number of carbonyl (C=O) groups is 1. The van der Waals surface area contributed by atoms with Crippen molar-refractivity contribution in [2.45, 2.75) is 39.2 Å². The second-order valence-corrected chi connectivity index (χ2v) is 5.00. The van der Waals surface area contributed by atoms with Crippen molar-refractivity contribution < 1.29 is 19.4 Å². The number of ether oxygens (including phenoxy) is 2. The van der Waals surface area contributed by atoms with Gasteiger partial charge >= 0.3 is 5.97 Å². The molecule has 0 heterocycles. The van der Waals surface area contributed by atoms with Crippen molar-refractivity contribution in [2.24, 2.45) is 5.92 Å². The highest BCUT2D eigenvalue weighted by Crippen LogP contribution is 2.33. The quantitative estimate of drug-likeness (QED) is 0.780. The molecule has 0 amide bonds. The second kappa shape index (κ2) is 7.29. The predicted octanol–water partition coefficient (Wildman–Crippen LogP) is 2.88. The van der Waals surface area contributed by atoms with Crippen LogP contribution in [0.5, 0.6) is 5.75 Å². The van der Waals surface area contributed by atoms with E-state index in [-0.39, 0.29) is 0 Å². The van der Waals surface area contributed by atoms with Gasteiger partial charge in [-0.3, -0.25) is 4.79 Å². The first-order valence-electron chi connectivity index (χ1n) is 7.00. The molecular formula is C16H24O4. The first-order valence-corrected chi connectivity index (χ1v) is 7.00. The first kappa shape index (κ1) is 16.5. The van der Waals surface area contributed by atoms with E-state index in [0.717, 1.165) is 12.2 Å². The van der Waals surface area contributed by atoms with E-state index in [1.54, 1.807) is 19.1 Å². The molecule has 0 fully saturated rings. The van der Waals surface area contributed by atoms with Crippen LogP contribution in [-0.4, -0.2) is 24.8 Å². The largest absolute Gasteiger partial charge is 0.494 e. The Hall–Kier alpha value is -1.55. The fourth-order valence-electron chi connectivity index (χ4n) is 2.25. The second-order valence-electron chi connectivity index (χ2n) is 5.00. The van der Waals surface area contributed by atoms with Crippen LogP contribution in [0, 0.1) is 5.92 Å². The number of rotatable bonds is 7. The molecule has 0 saturated carbocycles. The van der Waals surface area contributed by atoms with E-state index in [4.69, 9.17) is 9.47 Å². The van der Waals surface area contributed by atoms with E-state index in [9.17, 15) is 9.90 Å². The number of benzene rings is 1. The summed E-state index contributed by atoms with van der Waals surface area (Å²) in [7, 11) is 1.34. The van der Waals surface area contributed by atoms with Crippen LogP contribution in [0.4, 0.5) is 0 Å². The number of methoxy groups -OCH3 is 1. The molecule has 0 saturated heterocycles. The monoisotopic (exact) mass is 280 g/mol. The van der Waals surface area contributed by atoms with E-state index >= 15 is 0 Å². The minimum absolute atomic E-state index is 0.399. The minimum Gasteiger partial charge on any atom is -0.494 e. The molecule has 1 N–H and O–H groups in total. The molecule has 0 aliphatic rings. The molecule has 0 bridgehead atoms. The molecule has 1 rings (SSSR count). The van der Waals surface area contributed by atoms with Crippen LogP contribution >= 0.6 is 0 Å². The van der Waals surface area contributed by atoms with Crippen LogP contribution in [0.25, 0.3) is 0 Å². The van der Waals surface area contributed by atoms with Crippen molar-refractivity contribution in [2.75, 3.05) is 13.7 Å². The SMILES string of the molecule is CCCOc1ccc(C(C)(O)C(CC)C(=O)OC)cc1. The summed E-state index contributed by atoms with van der Waals surface area (Å²) in [6.07, 6.45) is 1.45. The Morgan fingerprint density at radius 2 is 1.90 bits per heavy atom. The van der Waals surface area contributed by atoms with Crippen molar-refractivity contribution in [3.05, 3.63) is 29.8 Å². The van der Waals surface area contributed by atoms with Crippen molar-refractivity contribution in [1.82, 2.24) is 0 Å². The van der Waals surface area contributed by atoms with Gasteiger partial charge < -0.3 is 14.6 Å². The Bertz CT molecular complexity index is 423. The first-order chi connectivity index (χ1) is 9.47.